The summed E-state index contributed by atoms with van der Waals surface area (Å²) in [6, 6.07) is 13.0. The van der Waals surface area contributed by atoms with Crippen LogP contribution in [0.5, 0.6) is 0 Å². The van der Waals surface area contributed by atoms with Crippen LogP contribution in [0.2, 0.25) is 0 Å². The van der Waals surface area contributed by atoms with Gasteiger partial charge in [-0.15, -0.1) is 0 Å². The standard InChI is InChI=1S/C16H13N5O3S/c22-15(19-13-5-2-6-14(8-13)21(23)24)12-4-1-3-11(7-12)9-25-16-17-10-18-20-16/h1-8,10H,9H2,(H,19,22)(H,17,18,20). The third-order valence-corrected chi connectivity index (χ3v) is 4.22. The van der Waals surface area contributed by atoms with Gasteiger partial charge in [-0.2, -0.15) is 5.10 Å². The van der Waals surface area contributed by atoms with Gasteiger partial charge < -0.3 is 5.32 Å². The molecule has 0 aliphatic carbocycles. The number of nitro groups is 1. The van der Waals surface area contributed by atoms with E-state index in [0.717, 1.165) is 5.56 Å². The highest BCUT2D eigenvalue weighted by Gasteiger charge is 2.10. The number of anilines is 1. The summed E-state index contributed by atoms with van der Waals surface area (Å²) in [7, 11) is 0. The van der Waals surface area contributed by atoms with Gasteiger partial charge in [0.15, 0.2) is 5.16 Å². The maximum absolute atomic E-state index is 12.4. The number of amides is 1. The molecule has 0 fully saturated rings. The summed E-state index contributed by atoms with van der Waals surface area (Å²) in [6.45, 7) is 0. The number of hydrogen-bond donors (Lipinski definition) is 2. The Bertz CT molecular complexity index is 898. The van der Waals surface area contributed by atoms with Crippen molar-refractivity contribution in [3.8, 4) is 0 Å². The Morgan fingerprint density at radius 3 is 2.84 bits per heavy atom. The van der Waals surface area contributed by atoms with E-state index in [0.29, 0.717) is 22.2 Å². The van der Waals surface area contributed by atoms with Gasteiger partial charge >= 0.3 is 0 Å². The van der Waals surface area contributed by atoms with Gasteiger partial charge in [-0.05, 0) is 23.8 Å². The van der Waals surface area contributed by atoms with E-state index in [1.165, 1.54) is 36.3 Å². The van der Waals surface area contributed by atoms with Crippen LogP contribution in [0, 0.1) is 10.1 Å². The van der Waals surface area contributed by atoms with Gasteiger partial charge in [-0.25, -0.2) is 4.98 Å². The fourth-order valence-electron chi connectivity index (χ4n) is 2.12. The first-order valence-corrected chi connectivity index (χ1v) is 8.23. The monoisotopic (exact) mass is 355 g/mol. The minimum Gasteiger partial charge on any atom is -0.322 e. The molecule has 0 aliphatic heterocycles. The molecule has 0 radical (unpaired) electrons. The largest absolute Gasteiger partial charge is 0.322 e. The predicted octanol–water partition coefficient (Wildman–Crippen LogP) is 3.26. The molecule has 0 saturated heterocycles. The fraction of sp³-hybridized carbons (Fsp3) is 0.0625. The summed E-state index contributed by atoms with van der Waals surface area (Å²) in [5.41, 5.74) is 1.73. The maximum Gasteiger partial charge on any atom is 0.271 e. The molecule has 0 atom stereocenters. The number of nitro benzene ring substituents is 1. The lowest BCUT2D eigenvalue weighted by molar-refractivity contribution is -0.384. The van der Waals surface area contributed by atoms with Crippen molar-refractivity contribution >= 4 is 29.0 Å². The lowest BCUT2D eigenvalue weighted by atomic mass is 10.1. The highest BCUT2D eigenvalue weighted by molar-refractivity contribution is 7.98. The van der Waals surface area contributed by atoms with E-state index in [2.05, 4.69) is 20.5 Å². The maximum atomic E-state index is 12.4. The Hall–Kier alpha value is -3.20. The number of hydrogen-bond acceptors (Lipinski definition) is 6. The average molecular weight is 355 g/mol. The van der Waals surface area contributed by atoms with Crippen LogP contribution in [0.25, 0.3) is 0 Å². The van der Waals surface area contributed by atoms with Gasteiger partial charge in [0.1, 0.15) is 6.33 Å². The van der Waals surface area contributed by atoms with Crippen LogP contribution in [0.4, 0.5) is 11.4 Å². The van der Waals surface area contributed by atoms with Crippen molar-refractivity contribution in [1.29, 1.82) is 0 Å². The molecule has 8 nitrogen and oxygen atoms in total. The van der Waals surface area contributed by atoms with Crippen LogP contribution < -0.4 is 5.32 Å². The summed E-state index contributed by atoms with van der Waals surface area (Å²) in [5.74, 6) is 0.305. The topological polar surface area (TPSA) is 114 Å². The van der Waals surface area contributed by atoms with Crippen LogP contribution in [-0.2, 0) is 5.75 Å². The second-order valence-corrected chi connectivity index (χ2v) is 6.01. The number of benzene rings is 2. The minimum atomic E-state index is -0.503. The van der Waals surface area contributed by atoms with Crippen molar-refractivity contribution in [1.82, 2.24) is 15.2 Å². The molecule has 0 spiro atoms. The molecule has 1 heterocycles. The van der Waals surface area contributed by atoms with E-state index in [1.807, 2.05) is 6.07 Å². The van der Waals surface area contributed by atoms with E-state index in [-0.39, 0.29) is 11.6 Å². The van der Waals surface area contributed by atoms with Crippen molar-refractivity contribution < 1.29 is 9.72 Å². The number of H-pyrrole nitrogens is 1. The van der Waals surface area contributed by atoms with Gasteiger partial charge in [-0.1, -0.05) is 30.0 Å². The van der Waals surface area contributed by atoms with Gasteiger partial charge in [0.2, 0.25) is 0 Å². The number of aromatic amines is 1. The highest BCUT2D eigenvalue weighted by Crippen LogP contribution is 2.20. The van der Waals surface area contributed by atoms with Crippen molar-refractivity contribution in [2.24, 2.45) is 0 Å². The second-order valence-electron chi connectivity index (χ2n) is 5.04. The Kier molecular flexibility index (Phi) is 5.05. The van der Waals surface area contributed by atoms with Crippen molar-refractivity contribution in [3.63, 3.8) is 0 Å². The number of nitrogens with one attached hydrogen (secondary N) is 2. The molecule has 25 heavy (non-hydrogen) atoms. The van der Waals surface area contributed by atoms with Crippen LogP contribution in [-0.4, -0.2) is 26.0 Å². The van der Waals surface area contributed by atoms with E-state index < -0.39 is 4.92 Å². The van der Waals surface area contributed by atoms with E-state index in [9.17, 15) is 14.9 Å². The molecule has 0 aliphatic rings. The van der Waals surface area contributed by atoms with Gasteiger partial charge in [0, 0.05) is 29.1 Å². The predicted molar refractivity (Wildman–Crippen MR) is 93.4 cm³/mol. The number of nitrogens with zero attached hydrogens (tertiary/aromatic N) is 3. The first-order chi connectivity index (χ1) is 12.1. The van der Waals surface area contributed by atoms with Crippen molar-refractivity contribution in [2.75, 3.05) is 5.32 Å². The lowest BCUT2D eigenvalue weighted by Crippen LogP contribution is -2.12. The Balaban J connectivity index is 1.68. The number of non-ortho nitro benzene ring substituents is 1. The van der Waals surface area contributed by atoms with Crippen LogP contribution in [0.3, 0.4) is 0 Å². The molecule has 2 aromatic carbocycles. The second kappa shape index (κ2) is 7.58. The molecule has 3 rings (SSSR count). The first kappa shape index (κ1) is 16.7. The van der Waals surface area contributed by atoms with Crippen LogP contribution in [0.15, 0.2) is 60.0 Å². The summed E-state index contributed by atoms with van der Waals surface area (Å²) in [5, 5.41) is 20.7. The summed E-state index contributed by atoms with van der Waals surface area (Å²) in [4.78, 5) is 26.7. The third-order valence-electron chi connectivity index (χ3n) is 3.27. The van der Waals surface area contributed by atoms with Crippen LogP contribution in [0.1, 0.15) is 15.9 Å². The zero-order valence-electron chi connectivity index (χ0n) is 12.9. The zero-order valence-corrected chi connectivity index (χ0v) is 13.7. The molecule has 0 unspecified atom stereocenters. The first-order valence-electron chi connectivity index (χ1n) is 7.25. The molecule has 3 aromatic rings. The number of rotatable bonds is 6. The number of carbonyl (C=O) groups is 1. The Morgan fingerprint density at radius 2 is 2.08 bits per heavy atom. The lowest BCUT2D eigenvalue weighted by Gasteiger charge is -2.07. The number of aromatic nitrogens is 3. The summed E-state index contributed by atoms with van der Waals surface area (Å²) >= 11 is 1.47. The Morgan fingerprint density at radius 1 is 1.24 bits per heavy atom. The SMILES string of the molecule is O=C(Nc1cccc([N+](=O)[O-])c1)c1cccc(CSc2ncn[nH]2)c1. The molecule has 126 valence electrons. The third kappa shape index (κ3) is 4.42. The number of carbonyl (C=O) groups excluding carboxylic acids is 1. The number of thioether (sulfide) groups is 1. The van der Waals surface area contributed by atoms with Gasteiger partial charge in [-0.3, -0.25) is 20.0 Å². The Labute approximate surface area is 146 Å². The molecule has 1 amide bonds. The van der Waals surface area contributed by atoms with Crippen LogP contribution >= 0.6 is 11.8 Å². The smallest absolute Gasteiger partial charge is 0.271 e. The average Bonchev–Trinajstić information content (AvgIpc) is 3.14. The van der Waals surface area contributed by atoms with Crippen molar-refractivity contribution in [3.05, 3.63) is 76.1 Å². The van der Waals surface area contributed by atoms with Gasteiger partial charge in [0.25, 0.3) is 11.6 Å². The molecular weight excluding hydrogens is 342 g/mol. The quantitative estimate of drug-likeness (QED) is 0.398. The molecule has 1 aromatic heterocycles. The molecule has 2 N–H and O–H groups in total. The fourth-order valence-corrected chi connectivity index (χ4v) is 2.84. The van der Waals surface area contributed by atoms with E-state index in [4.69, 9.17) is 0 Å². The molecule has 0 saturated carbocycles. The van der Waals surface area contributed by atoms with Gasteiger partial charge in [0.05, 0.1) is 4.92 Å². The minimum absolute atomic E-state index is 0.0741. The summed E-state index contributed by atoms with van der Waals surface area (Å²) in [6.07, 6.45) is 1.44. The molecule has 0 bridgehead atoms. The molecule has 9 heteroatoms. The molecular formula is C16H13N5O3S. The van der Waals surface area contributed by atoms with Crippen molar-refractivity contribution in [2.45, 2.75) is 10.9 Å². The van der Waals surface area contributed by atoms with E-state index in [1.54, 1.807) is 24.3 Å². The normalized spacial score (nSPS) is 10.4. The highest BCUT2D eigenvalue weighted by atomic mass is 32.2. The summed E-state index contributed by atoms with van der Waals surface area (Å²) < 4.78 is 0. The van der Waals surface area contributed by atoms with E-state index >= 15 is 0 Å². The zero-order chi connectivity index (χ0) is 17.6.